The average Bonchev–Trinajstić information content (AvgIpc) is 3.70. The summed E-state index contributed by atoms with van der Waals surface area (Å²) in [7, 11) is 0. The van der Waals surface area contributed by atoms with Crippen molar-refractivity contribution in [1.29, 1.82) is 0 Å². The minimum Gasteiger partial charge on any atom is -0.478 e. The molecule has 7 heteroatoms. The summed E-state index contributed by atoms with van der Waals surface area (Å²) in [5.74, 6) is -2.10. The van der Waals surface area contributed by atoms with Crippen LogP contribution in [0.25, 0.3) is 17.2 Å². The van der Waals surface area contributed by atoms with E-state index in [1.54, 1.807) is 29.9 Å². The Balaban J connectivity index is 1.71. The molecule has 0 amide bonds. The van der Waals surface area contributed by atoms with E-state index in [4.69, 9.17) is 0 Å². The first-order valence-corrected chi connectivity index (χ1v) is 13.7. The van der Waals surface area contributed by atoms with Crippen LogP contribution < -0.4 is 5.32 Å². The molecule has 2 N–H and O–H groups in total. The van der Waals surface area contributed by atoms with Gasteiger partial charge in [-0.1, -0.05) is 48.5 Å². The maximum Gasteiger partial charge on any atom is 0.328 e. The van der Waals surface area contributed by atoms with Gasteiger partial charge in [-0.3, -0.25) is 10.00 Å². The Labute approximate surface area is 232 Å². The van der Waals surface area contributed by atoms with Gasteiger partial charge in [0, 0.05) is 36.5 Å². The zero-order valence-corrected chi connectivity index (χ0v) is 22.5. The first-order valence-electron chi connectivity index (χ1n) is 13.7. The van der Waals surface area contributed by atoms with Crippen molar-refractivity contribution in [2.45, 2.75) is 51.1 Å². The second kappa shape index (κ2) is 10.1. The summed E-state index contributed by atoms with van der Waals surface area (Å²) in [5, 5.41) is 17.6. The molecule has 6 rings (SSSR count). The number of aryl methyl sites for hydroxylation is 1. The molecule has 0 radical (unpaired) electrons. The molecule has 1 unspecified atom stereocenters. The summed E-state index contributed by atoms with van der Waals surface area (Å²) in [4.78, 5) is 11.6. The third-order valence-electron chi connectivity index (χ3n) is 8.27. The second-order valence-corrected chi connectivity index (χ2v) is 10.7. The SMILES string of the molecule is CCn1cc(C2(c3c(F)c(-c4ccc(C5CC5)cc4)c(F)c(C)c3/C=C/C(=O)O)NCCc3ccccc32)cn1. The first-order chi connectivity index (χ1) is 19.3. The summed E-state index contributed by atoms with van der Waals surface area (Å²) in [5.41, 5.74) is 3.42. The number of carboxylic acid groups (broad SMARTS) is 1. The van der Waals surface area contributed by atoms with Crippen LogP contribution in [0.3, 0.4) is 0 Å². The van der Waals surface area contributed by atoms with Crippen LogP contribution in [0.15, 0.2) is 67.0 Å². The van der Waals surface area contributed by atoms with Gasteiger partial charge in [0.05, 0.1) is 11.8 Å². The van der Waals surface area contributed by atoms with Crippen molar-refractivity contribution in [3.63, 3.8) is 0 Å². The second-order valence-electron chi connectivity index (χ2n) is 10.7. The standard InChI is InChI=1S/C33H31F2N3O2/c1-3-38-19-25(18-37-38)33(27-7-5-4-6-23(27)16-17-36-33)30-26(14-15-28(39)40)20(2)31(34)29(32(30)35)24-12-10-22(11-13-24)21-8-9-21/h4-7,10-15,18-19,21,36H,3,8-9,16-17H2,1-2H3,(H,39,40)/b15-14+. The van der Waals surface area contributed by atoms with E-state index < -0.39 is 23.1 Å². The van der Waals surface area contributed by atoms with Crippen LogP contribution >= 0.6 is 0 Å². The summed E-state index contributed by atoms with van der Waals surface area (Å²) in [6.07, 6.45) is 8.84. The fraction of sp³-hybridized carbons (Fsp3) is 0.273. The Morgan fingerprint density at radius 1 is 1.15 bits per heavy atom. The molecule has 5 nitrogen and oxygen atoms in total. The van der Waals surface area contributed by atoms with Gasteiger partial charge < -0.3 is 5.11 Å². The number of benzene rings is 3. The topological polar surface area (TPSA) is 67.2 Å². The van der Waals surface area contributed by atoms with Crippen LogP contribution in [0, 0.1) is 18.6 Å². The summed E-state index contributed by atoms with van der Waals surface area (Å²) < 4.78 is 35.2. The van der Waals surface area contributed by atoms with Crippen molar-refractivity contribution in [2.24, 2.45) is 0 Å². The van der Waals surface area contributed by atoms with Crippen molar-refractivity contribution in [1.82, 2.24) is 15.1 Å². The number of aliphatic carboxylic acids is 1. The van der Waals surface area contributed by atoms with Crippen molar-refractivity contribution in [3.05, 3.63) is 118 Å². The molecule has 2 aliphatic rings. The molecule has 1 saturated carbocycles. The van der Waals surface area contributed by atoms with Crippen LogP contribution in [-0.4, -0.2) is 27.4 Å². The number of carbonyl (C=O) groups is 1. The Kier molecular flexibility index (Phi) is 6.62. The lowest BCUT2D eigenvalue weighted by Gasteiger charge is -2.42. The molecule has 1 atom stereocenters. The van der Waals surface area contributed by atoms with Gasteiger partial charge in [-0.2, -0.15) is 5.10 Å². The predicted molar refractivity (Wildman–Crippen MR) is 151 cm³/mol. The first kappa shape index (κ1) is 26.1. The summed E-state index contributed by atoms with van der Waals surface area (Å²) >= 11 is 0. The van der Waals surface area contributed by atoms with E-state index >= 15 is 8.78 Å². The number of fused-ring (bicyclic) bond motifs is 1. The Morgan fingerprint density at radius 2 is 1.90 bits per heavy atom. The highest BCUT2D eigenvalue weighted by atomic mass is 19.1. The van der Waals surface area contributed by atoms with Crippen LogP contribution in [0.5, 0.6) is 0 Å². The molecule has 204 valence electrons. The Bertz CT molecular complexity index is 1640. The van der Waals surface area contributed by atoms with Gasteiger partial charge in [-0.05, 0) is 78.5 Å². The highest BCUT2D eigenvalue weighted by Gasteiger charge is 2.45. The number of hydrogen-bond donors (Lipinski definition) is 2. The van der Waals surface area contributed by atoms with E-state index in [0.717, 1.165) is 36.5 Å². The molecule has 0 spiro atoms. The van der Waals surface area contributed by atoms with Crippen molar-refractivity contribution < 1.29 is 18.7 Å². The zero-order chi connectivity index (χ0) is 28.0. The van der Waals surface area contributed by atoms with E-state index in [0.29, 0.717) is 30.1 Å². The van der Waals surface area contributed by atoms with Crippen LogP contribution in [0.2, 0.25) is 0 Å². The predicted octanol–water partition coefficient (Wildman–Crippen LogP) is 6.57. The molecule has 2 heterocycles. The van der Waals surface area contributed by atoms with Gasteiger partial charge in [0.2, 0.25) is 0 Å². The largest absolute Gasteiger partial charge is 0.478 e. The number of hydrogen-bond acceptors (Lipinski definition) is 3. The lowest BCUT2D eigenvalue weighted by Crippen LogP contribution is -2.50. The molecule has 1 aliphatic carbocycles. The molecule has 1 aromatic heterocycles. The number of aromatic nitrogens is 2. The summed E-state index contributed by atoms with van der Waals surface area (Å²) in [6, 6.07) is 15.3. The van der Waals surface area contributed by atoms with Gasteiger partial charge in [0.15, 0.2) is 0 Å². The Hall–Kier alpha value is -4.10. The van der Waals surface area contributed by atoms with Crippen LogP contribution in [0.4, 0.5) is 8.78 Å². The number of rotatable bonds is 7. The third kappa shape index (κ3) is 4.25. The molecule has 0 bridgehead atoms. The van der Waals surface area contributed by atoms with E-state index in [9.17, 15) is 9.90 Å². The normalized spacial score (nSPS) is 18.7. The summed E-state index contributed by atoms with van der Waals surface area (Å²) in [6.45, 7) is 4.71. The fourth-order valence-electron chi connectivity index (χ4n) is 6.09. The van der Waals surface area contributed by atoms with E-state index in [-0.39, 0.29) is 22.3 Å². The van der Waals surface area contributed by atoms with Gasteiger partial charge in [0.25, 0.3) is 0 Å². The smallest absolute Gasteiger partial charge is 0.328 e. The van der Waals surface area contributed by atoms with Gasteiger partial charge >= 0.3 is 5.97 Å². The van der Waals surface area contributed by atoms with Gasteiger partial charge in [0.1, 0.15) is 17.2 Å². The minimum atomic E-state index is -1.23. The average molecular weight is 540 g/mol. The van der Waals surface area contributed by atoms with E-state index in [1.165, 1.54) is 11.6 Å². The highest BCUT2D eigenvalue weighted by Crippen LogP contribution is 2.47. The highest BCUT2D eigenvalue weighted by molar-refractivity contribution is 5.87. The number of nitrogens with zero attached hydrogens (tertiary/aromatic N) is 2. The molecule has 1 aliphatic heterocycles. The molecule has 40 heavy (non-hydrogen) atoms. The monoisotopic (exact) mass is 539 g/mol. The van der Waals surface area contributed by atoms with Crippen LogP contribution in [-0.2, 0) is 23.3 Å². The minimum absolute atomic E-state index is 0.116. The molecule has 4 aromatic rings. The number of halogens is 2. The molecular formula is C33H31F2N3O2. The lowest BCUT2D eigenvalue weighted by atomic mass is 9.70. The van der Waals surface area contributed by atoms with Crippen molar-refractivity contribution in [2.75, 3.05) is 6.54 Å². The number of carboxylic acids is 1. The van der Waals surface area contributed by atoms with E-state index in [2.05, 4.69) is 10.4 Å². The molecular weight excluding hydrogens is 508 g/mol. The van der Waals surface area contributed by atoms with Gasteiger partial charge in [-0.15, -0.1) is 0 Å². The maximum absolute atomic E-state index is 17.3. The fourth-order valence-corrected chi connectivity index (χ4v) is 6.09. The zero-order valence-electron chi connectivity index (χ0n) is 22.5. The van der Waals surface area contributed by atoms with Crippen molar-refractivity contribution >= 4 is 12.0 Å². The molecule has 1 fully saturated rings. The maximum atomic E-state index is 17.3. The third-order valence-corrected chi connectivity index (χ3v) is 8.27. The quantitative estimate of drug-likeness (QED) is 0.261. The lowest BCUT2D eigenvalue weighted by molar-refractivity contribution is -0.131. The molecule has 0 saturated heterocycles. The van der Waals surface area contributed by atoms with Crippen molar-refractivity contribution in [3.8, 4) is 11.1 Å². The number of nitrogens with one attached hydrogen (secondary N) is 1. The van der Waals surface area contributed by atoms with Gasteiger partial charge in [-0.25, -0.2) is 13.6 Å². The Morgan fingerprint density at radius 3 is 2.58 bits per heavy atom. The van der Waals surface area contributed by atoms with Crippen LogP contribution in [0.1, 0.15) is 64.6 Å². The molecule has 3 aromatic carbocycles. The van der Waals surface area contributed by atoms with E-state index in [1.807, 2.05) is 49.5 Å².